The van der Waals surface area contributed by atoms with Crippen molar-refractivity contribution in [2.45, 2.75) is 94.7 Å². The first-order valence-electron chi connectivity index (χ1n) is 10.4. The van der Waals surface area contributed by atoms with E-state index in [2.05, 4.69) is 4.74 Å². The summed E-state index contributed by atoms with van der Waals surface area (Å²) in [5, 5.41) is 17.2. The molecule has 2 N–H and O–H groups in total. The van der Waals surface area contributed by atoms with Gasteiger partial charge in [-0.25, -0.2) is 0 Å². The molecule has 0 unspecified atom stereocenters. The van der Waals surface area contributed by atoms with E-state index < -0.39 is 85.8 Å². The van der Waals surface area contributed by atoms with E-state index in [0.29, 0.717) is 6.61 Å². The number of alkyl halides is 12. The lowest BCUT2D eigenvalue weighted by Crippen LogP contribution is -2.66. The van der Waals surface area contributed by atoms with Crippen molar-refractivity contribution < 1.29 is 72.4 Å². The Morgan fingerprint density at radius 3 is 1.31 bits per heavy atom. The number of carbonyl (C=O) groups excluding carboxylic acids is 1. The molecular weight excluding hydrogens is 520 g/mol. The summed E-state index contributed by atoms with van der Waals surface area (Å²) in [6.45, 7) is 3.50. The van der Waals surface area contributed by atoms with Crippen LogP contribution in [-0.4, -0.2) is 58.7 Å². The average Bonchev–Trinajstić information content (AvgIpc) is 2.68. The minimum atomic E-state index is -6.28. The third-order valence-electron chi connectivity index (χ3n) is 5.55. The summed E-state index contributed by atoms with van der Waals surface area (Å²) < 4.78 is 163. The number of aliphatic hydroxyl groups is 2. The number of ether oxygens (including phenoxy) is 1. The molecular formula is C19H26F12O4. The predicted octanol–water partition coefficient (Wildman–Crippen LogP) is 6.24. The number of hydrogen-bond acceptors (Lipinski definition) is 4. The molecule has 210 valence electrons. The maximum absolute atomic E-state index is 13.6. The van der Waals surface area contributed by atoms with Gasteiger partial charge in [0.05, 0.1) is 0 Å². The molecule has 1 aliphatic rings. The molecule has 1 aliphatic carbocycles. The van der Waals surface area contributed by atoms with Gasteiger partial charge >= 0.3 is 36.3 Å². The molecule has 1 rings (SSSR count). The lowest BCUT2D eigenvalue weighted by Gasteiger charge is -2.47. The lowest BCUT2D eigenvalue weighted by atomic mass is 9.67. The molecule has 0 amide bonds. The van der Waals surface area contributed by atoms with Crippen LogP contribution in [0.2, 0.25) is 0 Å². The summed E-state index contributed by atoms with van der Waals surface area (Å²) in [6, 6.07) is 0. The molecule has 0 saturated heterocycles. The van der Waals surface area contributed by atoms with Crippen LogP contribution in [0.4, 0.5) is 52.7 Å². The molecule has 0 aromatic heterocycles. The first-order valence-corrected chi connectivity index (χ1v) is 10.4. The van der Waals surface area contributed by atoms with Crippen LogP contribution in [0.25, 0.3) is 0 Å². The Kier molecular flexibility index (Phi) is 11.2. The second-order valence-corrected chi connectivity index (χ2v) is 7.99. The zero-order valence-corrected chi connectivity index (χ0v) is 18.6. The lowest BCUT2D eigenvalue weighted by molar-refractivity contribution is -0.399. The van der Waals surface area contributed by atoms with Crippen LogP contribution in [0.3, 0.4) is 0 Å². The number of halogens is 12. The zero-order chi connectivity index (χ0) is 28.1. The molecule has 1 saturated carbocycles. The van der Waals surface area contributed by atoms with Crippen LogP contribution in [0.1, 0.15) is 58.8 Å². The Balaban J connectivity index is 0.00000267. The highest BCUT2D eigenvalue weighted by molar-refractivity contribution is 5.70. The van der Waals surface area contributed by atoms with E-state index in [1.807, 2.05) is 6.92 Å². The second kappa shape index (κ2) is 11.7. The van der Waals surface area contributed by atoms with Crippen LogP contribution in [0.5, 0.6) is 0 Å². The van der Waals surface area contributed by atoms with E-state index in [1.54, 1.807) is 0 Å². The Morgan fingerprint density at radius 2 is 1.06 bits per heavy atom. The maximum Gasteiger partial charge on any atom is 0.437 e. The topological polar surface area (TPSA) is 66.8 Å². The Morgan fingerprint density at radius 1 is 0.714 bits per heavy atom. The summed E-state index contributed by atoms with van der Waals surface area (Å²) in [5.74, 6) is -7.31. The molecule has 0 heterocycles. The van der Waals surface area contributed by atoms with E-state index in [-0.39, 0.29) is 6.42 Å². The van der Waals surface area contributed by atoms with Gasteiger partial charge in [-0.05, 0) is 38.5 Å². The van der Waals surface area contributed by atoms with Gasteiger partial charge in [0, 0.05) is 24.9 Å². The van der Waals surface area contributed by atoms with Crippen molar-refractivity contribution in [2.75, 3.05) is 6.61 Å². The standard InChI is InChI=1S/C16H18F12O3.C3H8O/c1-2-3-10(29)31-12(15(23,24)25,16(26,27)28)9-6-4-8(5-7-9)11(30,13(17,18)19)14(20,21)22;1-2-3-4/h8-9,30H,2-7H2,1H3;4H,2-3H2,1H3. The van der Waals surface area contributed by atoms with Crippen LogP contribution < -0.4 is 0 Å². The Hall–Kier alpha value is -1.45. The fourth-order valence-corrected chi connectivity index (χ4v) is 3.80. The summed E-state index contributed by atoms with van der Waals surface area (Å²) in [4.78, 5) is 11.5. The Bertz CT molecular complexity index is 629. The number of aliphatic hydroxyl groups excluding tert-OH is 1. The minimum absolute atomic E-state index is 0.179. The van der Waals surface area contributed by atoms with Gasteiger partial charge in [-0.2, -0.15) is 52.7 Å². The van der Waals surface area contributed by atoms with Crippen molar-refractivity contribution >= 4 is 5.97 Å². The van der Waals surface area contributed by atoms with Crippen molar-refractivity contribution in [3.8, 4) is 0 Å². The largest absolute Gasteiger partial charge is 0.439 e. The quantitative estimate of drug-likeness (QED) is 0.306. The van der Waals surface area contributed by atoms with Gasteiger partial charge in [0.2, 0.25) is 0 Å². The van der Waals surface area contributed by atoms with Gasteiger partial charge < -0.3 is 14.9 Å². The summed E-state index contributed by atoms with van der Waals surface area (Å²) in [6.07, 6.45) is -31.1. The van der Waals surface area contributed by atoms with Crippen molar-refractivity contribution in [2.24, 2.45) is 11.8 Å². The summed E-state index contributed by atoms with van der Waals surface area (Å²) >= 11 is 0. The molecule has 1 fully saturated rings. The molecule has 0 atom stereocenters. The maximum atomic E-state index is 13.6. The van der Waals surface area contributed by atoms with Crippen LogP contribution >= 0.6 is 0 Å². The molecule has 0 spiro atoms. The van der Waals surface area contributed by atoms with Gasteiger partial charge in [-0.3, -0.25) is 4.79 Å². The molecule has 0 radical (unpaired) electrons. The van der Waals surface area contributed by atoms with E-state index in [9.17, 15) is 62.6 Å². The summed E-state index contributed by atoms with van der Waals surface area (Å²) in [7, 11) is 0. The normalized spacial score (nSPS) is 20.7. The van der Waals surface area contributed by atoms with Crippen molar-refractivity contribution in [1.82, 2.24) is 0 Å². The minimum Gasteiger partial charge on any atom is -0.439 e. The highest BCUT2D eigenvalue weighted by Crippen LogP contribution is 2.58. The Labute approximate surface area is 192 Å². The van der Waals surface area contributed by atoms with Crippen LogP contribution in [-0.2, 0) is 9.53 Å². The van der Waals surface area contributed by atoms with Crippen molar-refractivity contribution in [1.29, 1.82) is 0 Å². The molecule has 0 bridgehead atoms. The molecule has 0 aliphatic heterocycles. The van der Waals surface area contributed by atoms with E-state index in [4.69, 9.17) is 5.11 Å². The third kappa shape index (κ3) is 7.07. The number of esters is 1. The zero-order valence-electron chi connectivity index (χ0n) is 18.6. The van der Waals surface area contributed by atoms with Gasteiger partial charge in [-0.15, -0.1) is 0 Å². The fraction of sp³-hybridized carbons (Fsp3) is 0.947. The average molecular weight is 546 g/mol. The van der Waals surface area contributed by atoms with Gasteiger partial charge in [0.1, 0.15) is 0 Å². The monoisotopic (exact) mass is 546 g/mol. The number of carbonyl (C=O) groups is 1. The van der Waals surface area contributed by atoms with Crippen LogP contribution in [0, 0.1) is 11.8 Å². The number of rotatable bonds is 6. The first kappa shape index (κ1) is 33.5. The van der Waals surface area contributed by atoms with Gasteiger partial charge in [-0.1, -0.05) is 13.8 Å². The van der Waals surface area contributed by atoms with Gasteiger partial charge in [0.25, 0.3) is 5.60 Å². The third-order valence-corrected chi connectivity index (χ3v) is 5.55. The SMILES string of the molecule is CCCC(=O)OC(C1CCC(C(O)(C(F)(F)F)C(F)(F)F)CC1)(C(F)(F)F)C(F)(F)F.CCCO. The fourth-order valence-electron chi connectivity index (χ4n) is 3.80. The second-order valence-electron chi connectivity index (χ2n) is 7.99. The predicted molar refractivity (Wildman–Crippen MR) is 95.7 cm³/mol. The number of hydrogen-bond donors (Lipinski definition) is 2. The molecule has 16 heteroatoms. The van der Waals surface area contributed by atoms with E-state index in [1.165, 1.54) is 6.92 Å². The highest BCUT2D eigenvalue weighted by atomic mass is 19.4. The highest BCUT2D eigenvalue weighted by Gasteiger charge is 2.79. The van der Waals surface area contributed by atoms with Gasteiger partial charge in [0.15, 0.2) is 0 Å². The van der Waals surface area contributed by atoms with E-state index >= 15 is 0 Å². The molecule has 0 aromatic carbocycles. The molecule has 0 aromatic rings. The van der Waals surface area contributed by atoms with E-state index in [0.717, 1.165) is 6.42 Å². The molecule has 4 nitrogen and oxygen atoms in total. The smallest absolute Gasteiger partial charge is 0.437 e. The van der Waals surface area contributed by atoms with Crippen molar-refractivity contribution in [3.05, 3.63) is 0 Å². The summed E-state index contributed by atoms with van der Waals surface area (Å²) in [5.41, 5.74) is -10.4. The van der Waals surface area contributed by atoms with Crippen molar-refractivity contribution in [3.63, 3.8) is 0 Å². The molecule has 35 heavy (non-hydrogen) atoms. The first-order chi connectivity index (χ1) is 15.6. The van der Waals surface area contributed by atoms with Crippen LogP contribution in [0.15, 0.2) is 0 Å².